The van der Waals surface area contributed by atoms with Crippen LogP contribution in [-0.4, -0.2) is 25.9 Å². The standard InChI is InChI=1S/C23H18ClN5O7S2.2Na/c1-12-8-16(4-7-18(12)27-28-19-6-2-14(24)11-20(19)37(31,32)33)26-29-22-21(38(34,35)36)10-13-9-15(25)3-5-17(13)23(22)30;;/h2-11,30H,25H2,1H3,(H,31,32,33)(H,34,35,36);;/q;2*+1/p-2. The molecule has 4 rings (SSSR count). The average Bonchev–Trinajstić information content (AvgIpc) is 2.82. The Labute approximate surface area is 278 Å². The first-order valence-electron chi connectivity index (χ1n) is 10.4. The third-order valence-corrected chi connectivity index (χ3v) is 7.20. The van der Waals surface area contributed by atoms with E-state index in [0.717, 1.165) is 12.1 Å². The molecule has 0 fully saturated rings. The number of nitrogens with zero attached hydrogens (tertiary/aromatic N) is 4. The zero-order chi connectivity index (χ0) is 27.8. The van der Waals surface area contributed by atoms with Crippen molar-refractivity contribution in [3.63, 3.8) is 0 Å². The number of azo groups is 2. The summed E-state index contributed by atoms with van der Waals surface area (Å²) in [6.07, 6.45) is 0. The molecule has 0 aliphatic heterocycles. The first kappa shape index (κ1) is 34.3. The second-order valence-electron chi connectivity index (χ2n) is 7.95. The number of nitrogen functional groups attached to an aromatic ring is 1. The Hall–Kier alpha value is -1.95. The predicted octanol–water partition coefficient (Wildman–Crippen LogP) is -0.553. The molecule has 0 heterocycles. The summed E-state index contributed by atoms with van der Waals surface area (Å²) < 4.78 is 68.0. The molecule has 0 radical (unpaired) electrons. The zero-order valence-electron chi connectivity index (χ0n) is 21.2. The number of nitrogens with two attached hydrogens (primary N) is 1. The number of hydrogen-bond donors (Lipinski definition) is 2. The first-order valence-corrected chi connectivity index (χ1v) is 13.7. The summed E-state index contributed by atoms with van der Waals surface area (Å²) in [5.41, 5.74) is 6.20. The van der Waals surface area contributed by atoms with E-state index in [9.17, 15) is 31.0 Å². The van der Waals surface area contributed by atoms with Crippen LogP contribution in [0.15, 0.2) is 90.9 Å². The number of anilines is 1. The van der Waals surface area contributed by atoms with Crippen LogP contribution in [0.4, 0.5) is 28.4 Å². The fraction of sp³-hybridized carbons (Fsp3) is 0.0435. The van der Waals surface area contributed by atoms with Gasteiger partial charge < -0.3 is 15.4 Å². The van der Waals surface area contributed by atoms with Gasteiger partial charge in [0.05, 0.1) is 22.0 Å². The van der Waals surface area contributed by atoms with Crippen LogP contribution in [-0.2, 0) is 20.2 Å². The molecule has 0 aliphatic rings. The van der Waals surface area contributed by atoms with Crippen LogP contribution in [0.25, 0.3) is 10.8 Å². The van der Waals surface area contributed by atoms with E-state index in [2.05, 4.69) is 20.5 Å². The second-order valence-corrected chi connectivity index (χ2v) is 11.1. The molecule has 4 aromatic rings. The number of halogens is 1. The summed E-state index contributed by atoms with van der Waals surface area (Å²) in [5.74, 6) is -0.770. The molecule has 12 nitrogen and oxygen atoms in total. The topological polar surface area (TPSA) is 210 Å². The van der Waals surface area contributed by atoms with Crippen LogP contribution in [0.1, 0.15) is 5.56 Å². The van der Waals surface area contributed by atoms with Crippen molar-refractivity contribution in [2.75, 3.05) is 5.73 Å². The normalized spacial score (nSPS) is 12.0. The largest absolute Gasteiger partial charge is 1.00 e. The van der Waals surface area contributed by atoms with Crippen LogP contribution in [0, 0.1) is 6.92 Å². The molecule has 4 aromatic carbocycles. The van der Waals surface area contributed by atoms with Crippen LogP contribution < -0.4 is 70.0 Å². The minimum Gasteiger partial charge on any atom is -0.871 e. The van der Waals surface area contributed by atoms with Crippen LogP contribution in [0.2, 0.25) is 5.02 Å². The smallest absolute Gasteiger partial charge is 0.871 e. The van der Waals surface area contributed by atoms with Gasteiger partial charge in [0, 0.05) is 10.7 Å². The molecular weight excluding hydrogens is 604 g/mol. The molecule has 0 aromatic heterocycles. The summed E-state index contributed by atoms with van der Waals surface area (Å²) in [4.78, 5) is -1.35. The molecule has 40 heavy (non-hydrogen) atoms. The van der Waals surface area contributed by atoms with Crippen molar-refractivity contribution >= 4 is 71.0 Å². The van der Waals surface area contributed by atoms with E-state index >= 15 is 0 Å². The Morgan fingerprint density at radius 1 is 0.825 bits per heavy atom. The van der Waals surface area contributed by atoms with E-state index in [-0.39, 0.29) is 86.3 Å². The summed E-state index contributed by atoms with van der Waals surface area (Å²) >= 11 is 5.77. The van der Waals surface area contributed by atoms with Gasteiger partial charge in [-0.3, -0.25) is 4.55 Å². The van der Waals surface area contributed by atoms with Gasteiger partial charge in [0.2, 0.25) is 0 Å². The number of hydrogen-bond acceptors (Lipinski definition) is 11. The van der Waals surface area contributed by atoms with Crippen LogP contribution in [0.5, 0.6) is 5.75 Å². The van der Waals surface area contributed by atoms with Gasteiger partial charge in [-0.2, -0.15) is 18.6 Å². The monoisotopic (exact) mass is 619 g/mol. The summed E-state index contributed by atoms with van der Waals surface area (Å²) in [6, 6.07) is 13.3. The SMILES string of the molecule is Cc1cc(N=Nc2c(S(=O)(=O)O)cc3cc(N)ccc3c2[O-])ccc1N=Nc1ccc(Cl)cc1S(=O)(=O)[O-].[Na+].[Na+]. The van der Waals surface area contributed by atoms with Crippen LogP contribution >= 0.6 is 11.6 Å². The molecule has 0 spiro atoms. The fourth-order valence-corrected chi connectivity index (χ4v) is 4.97. The van der Waals surface area contributed by atoms with E-state index in [4.69, 9.17) is 17.3 Å². The second kappa shape index (κ2) is 13.4. The summed E-state index contributed by atoms with van der Waals surface area (Å²) in [7, 11) is -9.68. The maximum absolute atomic E-state index is 12.9. The van der Waals surface area contributed by atoms with Crippen molar-refractivity contribution in [3.05, 3.63) is 71.2 Å². The number of benzene rings is 4. The number of aryl methyl sites for hydroxylation is 1. The van der Waals surface area contributed by atoms with Gasteiger partial charge >= 0.3 is 59.1 Å². The minimum absolute atomic E-state index is 0. The molecule has 0 saturated heterocycles. The minimum atomic E-state index is -4.85. The van der Waals surface area contributed by atoms with E-state index in [1.54, 1.807) is 6.92 Å². The van der Waals surface area contributed by atoms with E-state index in [0.29, 0.717) is 16.9 Å². The Bertz CT molecular complexity index is 1890. The third-order valence-electron chi connectivity index (χ3n) is 5.24. The molecule has 0 aliphatic carbocycles. The van der Waals surface area contributed by atoms with Gasteiger partial charge in [0.25, 0.3) is 10.1 Å². The van der Waals surface area contributed by atoms with E-state index < -0.39 is 41.5 Å². The molecule has 196 valence electrons. The van der Waals surface area contributed by atoms with Crippen molar-refractivity contribution in [1.29, 1.82) is 0 Å². The maximum Gasteiger partial charge on any atom is 1.00 e. The van der Waals surface area contributed by atoms with Crippen molar-refractivity contribution in [1.82, 2.24) is 0 Å². The number of rotatable bonds is 6. The quantitative estimate of drug-likeness (QED) is 0.123. The molecule has 3 N–H and O–H groups in total. The maximum atomic E-state index is 12.9. The molecule has 0 bridgehead atoms. The van der Waals surface area contributed by atoms with Gasteiger partial charge in [-0.25, -0.2) is 8.42 Å². The van der Waals surface area contributed by atoms with Gasteiger partial charge in [-0.05, 0) is 77.9 Å². The summed E-state index contributed by atoms with van der Waals surface area (Å²) in [5, 5.41) is 28.8. The molecule has 0 unspecified atom stereocenters. The van der Waals surface area contributed by atoms with Crippen molar-refractivity contribution in [2.45, 2.75) is 16.7 Å². The Morgan fingerprint density at radius 3 is 2.10 bits per heavy atom. The predicted molar refractivity (Wildman–Crippen MR) is 137 cm³/mol. The van der Waals surface area contributed by atoms with Gasteiger partial charge in [0.15, 0.2) is 0 Å². The van der Waals surface area contributed by atoms with Gasteiger partial charge in [-0.1, -0.05) is 23.4 Å². The third kappa shape index (κ3) is 7.86. The van der Waals surface area contributed by atoms with Gasteiger partial charge in [0.1, 0.15) is 20.7 Å². The molecule has 0 amide bonds. The Kier molecular flexibility index (Phi) is 11.4. The Morgan fingerprint density at radius 2 is 1.48 bits per heavy atom. The van der Waals surface area contributed by atoms with Gasteiger partial charge in [-0.15, -0.1) is 10.2 Å². The van der Waals surface area contributed by atoms with Crippen molar-refractivity contribution in [3.8, 4) is 5.75 Å². The molecule has 0 saturated carbocycles. The molecular formula is C23H16ClN5Na2O7S2. The Balaban J connectivity index is 0.00000280. The summed E-state index contributed by atoms with van der Waals surface area (Å²) in [6.45, 7) is 1.63. The molecule has 0 atom stereocenters. The molecule has 17 heteroatoms. The van der Waals surface area contributed by atoms with E-state index in [1.165, 1.54) is 48.5 Å². The van der Waals surface area contributed by atoms with Crippen molar-refractivity contribution < 1.29 is 90.2 Å². The average molecular weight is 620 g/mol. The first-order chi connectivity index (χ1) is 17.7. The van der Waals surface area contributed by atoms with Crippen LogP contribution in [0.3, 0.4) is 0 Å². The number of fused-ring (bicyclic) bond motifs is 1. The fourth-order valence-electron chi connectivity index (χ4n) is 3.45. The van der Waals surface area contributed by atoms with E-state index in [1.807, 2.05) is 0 Å². The van der Waals surface area contributed by atoms with Crippen molar-refractivity contribution in [2.24, 2.45) is 20.5 Å². The zero-order valence-corrected chi connectivity index (χ0v) is 27.6.